The van der Waals surface area contributed by atoms with Crippen LogP contribution in [0.5, 0.6) is 5.75 Å². The highest BCUT2D eigenvalue weighted by atomic mass is 32.1. The third-order valence-electron chi connectivity index (χ3n) is 3.18. The third kappa shape index (κ3) is 3.62. The van der Waals surface area contributed by atoms with Crippen LogP contribution in [-0.2, 0) is 13.2 Å². The van der Waals surface area contributed by atoms with Gasteiger partial charge in [-0.1, -0.05) is 19.1 Å². The Labute approximate surface area is 128 Å². The number of aromatic nitrogens is 2. The maximum Gasteiger partial charge on any atom is 0.193 e. The van der Waals surface area contributed by atoms with Gasteiger partial charge in [-0.3, -0.25) is 4.40 Å². The standard InChI is InChI=1S/C16H19N3OS/c1-2-6-17-10-13-4-3-5-15(9-13)20-12-14-11-19-7-8-21-16(19)18-14/h3-5,7-9,11,17H,2,6,10,12H2,1H3. The first-order valence-electron chi connectivity index (χ1n) is 7.18. The molecule has 110 valence electrons. The number of benzene rings is 1. The number of thiazole rings is 1. The Hall–Kier alpha value is -1.85. The van der Waals surface area contributed by atoms with Crippen molar-refractivity contribution in [2.45, 2.75) is 26.5 Å². The number of nitrogens with zero attached hydrogens (tertiary/aromatic N) is 2. The van der Waals surface area contributed by atoms with Gasteiger partial charge in [-0.2, -0.15) is 0 Å². The van der Waals surface area contributed by atoms with E-state index in [0.29, 0.717) is 6.61 Å². The van der Waals surface area contributed by atoms with Crippen molar-refractivity contribution in [3.8, 4) is 5.75 Å². The fraction of sp³-hybridized carbons (Fsp3) is 0.312. The molecule has 0 bridgehead atoms. The van der Waals surface area contributed by atoms with Crippen molar-refractivity contribution in [1.29, 1.82) is 0 Å². The summed E-state index contributed by atoms with van der Waals surface area (Å²) in [4.78, 5) is 5.52. The monoisotopic (exact) mass is 301 g/mol. The van der Waals surface area contributed by atoms with Crippen LogP contribution in [-0.4, -0.2) is 15.9 Å². The van der Waals surface area contributed by atoms with Crippen LogP contribution in [0.25, 0.3) is 4.96 Å². The Kier molecular flexibility index (Phi) is 4.52. The molecule has 0 aliphatic rings. The number of hydrogen-bond donors (Lipinski definition) is 1. The van der Waals surface area contributed by atoms with Gasteiger partial charge in [0, 0.05) is 24.3 Å². The Morgan fingerprint density at radius 1 is 1.38 bits per heavy atom. The molecule has 1 N–H and O–H groups in total. The van der Waals surface area contributed by atoms with Gasteiger partial charge in [-0.15, -0.1) is 11.3 Å². The molecule has 0 unspecified atom stereocenters. The van der Waals surface area contributed by atoms with Crippen LogP contribution in [0, 0.1) is 0 Å². The highest BCUT2D eigenvalue weighted by molar-refractivity contribution is 7.15. The number of fused-ring (bicyclic) bond motifs is 1. The topological polar surface area (TPSA) is 38.6 Å². The van der Waals surface area contributed by atoms with Crippen molar-refractivity contribution in [1.82, 2.24) is 14.7 Å². The predicted octanol–water partition coefficient (Wildman–Crippen LogP) is 3.47. The second-order valence-corrected chi connectivity index (χ2v) is 5.81. The van der Waals surface area contributed by atoms with Crippen molar-refractivity contribution >= 4 is 16.3 Å². The molecule has 0 radical (unpaired) electrons. The molecule has 0 aliphatic heterocycles. The second-order valence-electron chi connectivity index (χ2n) is 4.94. The molecule has 0 saturated heterocycles. The van der Waals surface area contributed by atoms with E-state index in [1.54, 1.807) is 11.3 Å². The maximum atomic E-state index is 5.84. The minimum absolute atomic E-state index is 0.500. The van der Waals surface area contributed by atoms with E-state index in [1.807, 2.05) is 34.3 Å². The van der Waals surface area contributed by atoms with Crippen LogP contribution in [0.15, 0.2) is 42.0 Å². The van der Waals surface area contributed by atoms with Crippen LogP contribution in [0.4, 0.5) is 0 Å². The Morgan fingerprint density at radius 2 is 2.33 bits per heavy atom. The molecule has 3 rings (SSSR count). The number of imidazole rings is 1. The van der Waals surface area contributed by atoms with E-state index >= 15 is 0 Å². The lowest BCUT2D eigenvalue weighted by Gasteiger charge is -2.07. The largest absolute Gasteiger partial charge is 0.487 e. The second kappa shape index (κ2) is 6.74. The van der Waals surface area contributed by atoms with E-state index in [9.17, 15) is 0 Å². The van der Waals surface area contributed by atoms with Gasteiger partial charge in [0.05, 0.1) is 5.69 Å². The molecule has 3 aromatic rings. The van der Waals surface area contributed by atoms with Gasteiger partial charge in [-0.05, 0) is 30.7 Å². The zero-order valence-electron chi connectivity index (χ0n) is 12.1. The molecule has 2 aromatic heterocycles. The van der Waals surface area contributed by atoms with Crippen molar-refractivity contribution < 1.29 is 4.74 Å². The first kappa shape index (κ1) is 14.1. The molecular formula is C16H19N3OS. The zero-order chi connectivity index (χ0) is 14.5. The van der Waals surface area contributed by atoms with Crippen LogP contribution >= 0.6 is 11.3 Å². The van der Waals surface area contributed by atoms with E-state index < -0.39 is 0 Å². The molecule has 4 nitrogen and oxygen atoms in total. The summed E-state index contributed by atoms with van der Waals surface area (Å²) in [6, 6.07) is 8.22. The molecule has 21 heavy (non-hydrogen) atoms. The normalized spacial score (nSPS) is 11.1. The lowest BCUT2D eigenvalue weighted by molar-refractivity contribution is 0.301. The highest BCUT2D eigenvalue weighted by Crippen LogP contribution is 2.16. The molecule has 2 heterocycles. The van der Waals surface area contributed by atoms with Gasteiger partial charge in [-0.25, -0.2) is 4.98 Å². The first-order chi connectivity index (χ1) is 10.3. The van der Waals surface area contributed by atoms with Crippen molar-refractivity contribution in [3.05, 3.63) is 53.3 Å². The molecule has 0 saturated carbocycles. The van der Waals surface area contributed by atoms with Crippen LogP contribution in [0.3, 0.4) is 0 Å². The van der Waals surface area contributed by atoms with E-state index in [1.165, 1.54) is 5.56 Å². The molecular weight excluding hydrogens is 282 g/mol. The molecule has 0 aliphatic carbocycles. The fourth-order valence-electron chi connectivity index (χ4n) is 2.16. The minimum atomic E-state index is 0.500. The van der Waals surface area contributed by atoms with Crippen molar-refractivity contribution in [3.63, 3.8) is 0 Å². The van der Waals surface area contributed by atoms with Gasteiger partial charge in [0.25, 0.3) is 0 Å². The first-order valence-corrected chi connectivity index (χ1v) is 8.06. The van der Waals surface area contributed by atoms with E-state index in [0.717, 1.165) is 35.9 Å². The Balaban J connectivity index is 1.59. The SMILES string of the molecule is CCCNCc1cccc(OCc2cn3ccsc3n2)c1. The minimum Gasteiger partial charge on any atom is -0.487 e. The number of ether oxygens (including phenoxy) is 1. The third-order valence-corrected chi connectivity index (χ3v) is 3.95. The van der Waals surface area contributed by atoms with Gasteiger partial charge < -0.3 is 10.1 Å². The summed E-state index contributed by atoms with van der Waals surface area (Å²) in [5.74, 6) is 0.891. The number of hydrogen-bond acceptors (Lipinski definition) is 4. The van der Waals surface area contributed by atoms with Crippen LogP contribution in [0.2, 0.25) is 0 Å². The fourth-order valence-corrected chi connectivity index (χ4v) is 2.88. The Bertz CT molecular complexity index is 676. The summed E-state index contributed by atoms with van der Waals surface area (Å²) in [6.07, 6.45) is 5.17. The molecule has 1 aromatic carbocycles. The average molecular weight is 301 g/mol. The van der Waals surface area contributed by atoms with Gasteiger partial charge in [0.2, 0.25) is 0 Å². The van der Waals surface area contributed by atoms with E-state index in [2.05, 4.69) is 29.4 Å². The number of rotatable bonds is 7. The molecule has 0 spiro atoms. The Morgan fingerprint density at radius 3 is 3.19 bits per heavy atom. The van der Waals surface area contributed by atoms with Crippen molar-refractivity contribution in [2.24, 2.45) is 0 Å². The van der Waals surface area contributed by atoms with Gasteiger partial charge >= 0.3 is 0 Å². The van der Waals surface area contributed by atoms with E-state index in [-0.39, 0.29) is 0 Å². The van der Waals surface area contributed by atoms with E-state index in [4.69, 9.17) is 4.74 Å². The molecule has 0 amide bonds. The molecule has 0 fully saturated rings. The summed E-state index contributed by atoms with van der Waals surface area (Å²) in [6.45, 7) is 4.59. The maximum absolute atomic E-state index is 5.84. The lowest BCUT2D eigenvalue weighted by Crippen LogP contribution is -2.13. The summed E-state index contributed by atoms with van der Waals surface area (Å²) in [5.41, 5.74) is 2.20. The molecule has 5 heteroatoms. The summed E-state index contributed by atoms with van der Waals surface area (Å²) in [5, 5.41) is 5.42. The quantitative estimate of drug-likeness (QED) is 0.679. The lowest BCUT2D eigenvalue weighted by atomic mass is 10.2. The van der Waals surface area contributed by atoms with Crippen LogP contribution < -0.4 is 10.1 Å². The van der Waals surface area contributed by atoms with Crippen LogP contribution in [0.1, 0.15) is 24.6 Å². The number of nitrogens with one attached hydrogen (secondary N) is 1. The van der Waals surface area contributed by atoms with Gasteiger partial charge in [0.15, 0.2) is 4.96 Å². The summed E-state index contributed by atoms with van der Waals surface area (Å²) < 4.78 is 7.86. The van der Waals surface area contributed by atoms with Gasteiger partial charge in [0.1, 0.15) is 12.4 Å². The summed E-state index contributed by atoms with van der Waals surface area (Å²) >= 11 is 1.63. The summed E-state index contributed by atoms with van der Waals surface area (Å²) in [7, 11) is 0. The highest BCUT2D eigenvalue weighted by Gasteiger charge is 2.04. The smallest absolute Gasteiger partial charge is 0.193 e. The average Bonchev–Trinajstić information content (AvgIpc) is 3.07. The zero-order valence-corrected chi connectivity index (χ0v) is 12.9. The van der Waals surface area contributed by atoms with Crippen molar-refractivity contribution in [2.75, 3.05) is 6.54 Å². The predicted molar refractivity (Wildman–Crippen MR) is 85.8 cm³/mol. The molecule has 0 atom stereocenters.